The van der Waals surface area contributed by atoms with E-state index < -0.39 is 12.1 Å². The molecule has 2 rings (SSSR count). The van der Waals surface area contributed by atoms with Gasteiger partial charge in [-0.2, -0.15) is 0 Å². The number of nitrogens with one attached hydrogen (secondary N) is 1. The standard InChI is InChI=1S/C21H27NO4/c1-14-8-6-7-9-18(14)26-20-12-16(10-11-19(20)25-15(2)23)17(24)13-22-21(3,4)5/h6-12,17,22,24H,13H2,1-5H3. The molecule has 140 valence electrons. The fraction of sp³-hybridized carbons (Fsp3) is 0.381. The van der Waals surface area contributed by atoms with Gasteiger partial charge in [-0.25, -0.2) is 0 Å². The second kappa shape index (κ2) is 8.34. The van der Waals surface area contributed by atoms with E-state index in [2.05, 4.69) is 5.32 Å². The quantitative estimate of drug-likeness (QED) is 0.601. The number of carbonyl (C=O) groups is 1. The lowest BCUT2D eigenvalue weighted by Crippen LogP contribution is -2.38. The predicted octanol–water partition coefficient (Wildman–Crippen LogP) is 4.13. The first kappa shape index (κ1) is 19.9. The lowest BCUT2D eigenvalue weighted by molar-refractivity contribution is -0.132. The van der Waals surface area contributed by atoms with E-state index in [0.29, 0.717) is 29.4 Å². The zero-order chi connectivity index (χ0) is 19.3. The molecule has 0 aliphatic rings. The van der Waals surface area contributed by atoms with Crippen LogP contribution in [0.25, 0.3) is 0 Å². The van der Waals surface area contributed by atoms with Crippen molar-refractivity contribution in [2.75, 3.05) is 6.54 Å². The second-order valence-corrected chi connectivity index (χ2v) is 7.31. The molecule has 0 amide bonds. The van der Waals surface area contributed by atoms with Crippen molar-refractivity contribution in [1.82, 2.24) is 5.32 Å². The number of hydrogen-bond acceptors (Lipinski definition) is 5. The Hall–Kier alpha value is -2.37. The fourth-order valence-corrected chi connectivity index (χ4v) is 2.36. The largest absolute Gasteiger partial charge is 0.453 e. The van der Waals surface area contributed by atoms with Crippen molar-refractivity contribution in [3.05, 3.63) is 53.6 Å². The van der Waals surface area contributed by atoms with E-state index >= 15 is 0 Å². The summed E-state index contributed by atoms with van der Waals surface area (Å²) < 4.78 is 11.2. The van der Waals surface area contributed by atoms with Crippen LogP contribution in [0.15, 0.2) is 42.5 Å². The van der Waals surface area contributed by atoms with Gasteiger partial charge in [0.1, 0.15) is 5.75 Å². The molecule has 0 spiro atoms. The summed E-state index contributed by atoms with van der Waals surface area (Å²) in [6.45, 7) is 9.79. The van der Waals surface area contributed by atoms with Gasteiger partial charge in [-0.1, -0.05) is 24.3 Å². The number of benzene rings is 2. The predicted molar refractivity (Wildman–Crippen MR) is 102 cm³/mol. The van der Waals surface area contributed by atoms with Gasteiger partial charge in [-0.05, 0) is 57.0 Å². The van der Waals surface area contributed by atoms with Crippen molar-refractivity contribution in [1.29, 1.82) is 0 Å². The van der Waals surface area contributed by atoms with Gasteiger partial charge >= 0.3 is 5.97 Å². The van der Waals surface area contributed by atoms with Crippen LogP contribution in [0.1, 0.15) is 44.9 Å². The number of aliphatic hydroxyl groups is 1. The van der Waals surface area contributed by atoms with E-state index in [4.69, 9.17) is 9.47 Å². The molecule has 1 atom stereocenters. The Balaban J connectivity index is 2.30. The Morgan fingerprint density at radius 2 is 1.81 bits per heavy atom. The van der Waals surface area contributed by atoms with E-state index in [0.717, 1.165) is 5.56 Å². The van der Waals surface area contributed by atoms with E-state index in [9.17, 15) is 9.90 Å². The third-order valence-corrected chi connectivity index (χ3v) is 3.75. The SMILES string of the molecule is CC(=O)Oc1ccc(C(O)CNC(C)(C)C)cc1Oc1ccccc1C. The van der Waals surface area contributed by atoms with Crippen molar-refractivity contribution < 1.29 is 19.4 Å². The minimum atomic E-state index is -0.708. The van der Waals surface area contributed by atoms with Gasteiger partial charge in [0.05, 0.1) is 6.10 Å². The van der Waals surface area contributed by atoms with Crippen LogP contribution in [0, 0.1) is 6.92 Å². The smallest absolute Gasteiger partial charge is 0.308 e. The van der Waals surface area contributed by atoms with Crippen LogP contribution < -0.4 is 14.8 Å². The Morgan fingerprint density at radius 3 is 2.42 bits per heavy atom. The maximum absolute atomic E-state index is 11.4. The Labute approximate surface area is 155 Å². The third kappa shape index (κ3) is 5.86. The summed E-state index contributed by atoms with van der Waals surface area (Å²) in [7, 11) is 0. The molecule has 1 unspecified atom stereocenters. The van der Waals surface area contributed by atoms with Gasteiger partial charge in [0.25, 0.3) is 0 Å². The number of esters is 1. The number of β-amino-alcohol motifs (C(OH)–C–C–N with tert-alkyl or cyclic N) is 1. The molecule has 0 fully saturated rings. The highest BCUT2D eigenvalue weighted by Crippen LogP contribution is 2.35. The van der Waals surface area contributed by atoms with Crippen molar-refractivity contribution in [3.8, 4) is 17.2 Å². The zero-order valence-corrected chi connectivity index (χ0v) is 16.0. The van der Waals surface area contributed by atoms with Gasteiger partial charge in [-0.15, -0.1) is 0 Å². The molecule has 0 bridgehead atoms. The molecule has 0 saturated heterocycles. The minimum absolute atomic E-state index is 0.0981. The molecule has 0 aliphatic heterocycles. The number of hydrogen-bond donors (Lipinski definition) is 2. The molecule has 0 aliphatic carbocycles. The lowest BCUT2D eigenvalue weighted by atomic mass is 10.1. The lowest BCUT2D eigenvalue weighted by Gasteiger charge is -2.23. The fourth-order valence-electron chi connectivity index (χ4n) is 2.36. The van der Waals surface area contributed by atoms with Gasteiger partial charge in [0, 0.05) is 19.0 Å². The average Bonchev–Trinajstić information content (AvgIpc) is 2.55. The monoisotopic (exact) mass is 357 g/mol. The third-order valence-electron chi connectivity index (χ3n) is 3.75. The highest BCUT2D eigenvalue weighted by Gasteiger charge is 2.17. The first-order valence-electron chi connectivity index (χ1n) is 8.64. The van der Waals surface area contributed by atoms with E-state index in [1.54, 1.807) is 18.2 Å². The van der Waals surface area contributed by atoms with E-state index in [1.807, 2.05) is 52.0 Å². The summed E-state index contributed by atoms with van der Waals surface area (Å²) in [4.78, 5) is 11.4. The Morgan fingerprint density at radius 1 is 1.12 bits per heavy atom. The molecular weight excluding hydrogens is 330 g/mol. The first-order valence-corrected chi connectivity index (χ1v) is 8.64. The molecule has 0 aromatic heterocycles. The molecule has 0 radical (unpaired) electrons. The topological polar surface area (TPSA) is 67.8 Å². The molecule has 5 nitrogen and oxygen atoms in total. The van der Waals surface area contributed by atoms with Crippen molar-refractivity contribution >= 4 is 5.97 Å². The van der Waals surface area contributed by atoms with Crippen molar-refractivity contribution in [2.45, 2.75) is 46.3 Å². The normalized spacial score (nSPS) is 12.5. The van der Waals surface area contributed by atoms with Crippen LogP contribution in [0.2, 0.25) is 0 Å². The van der Waals surface area contributed by atoms with Crippen molar-refractivity contribution in [3.63, 3.8) is 0 Å². The number of para-hydroxylation sites is 1. The summed E-state index contributed by atoms with van der Waals surface area (Å²) in [6.07, 6.45) is -0.708. The number of aryl methyl sites for hydroxylation is 1. The van der Waals surface area contributed by atoms with Gasteiger partial charge < -0.3 is 19.9 Å². The molecule has 2 N–H and O–H groups in total. The number of carbonyl (C=O) groups excluding carboxylic acids is 1. The zero-order valence-electron chi connectivity index (χ0n) is 16.0. The second-order valence-electron chi connectivity index (χ2n) is 7.31. The Kier molecular flexibility index (Phi) is 6.40. The summed E-state index contributed by atoms with van der Waals surface area (Å²) in [5.74, 6) is 0.949. The summed E-state index contributed by atoms with van der Waals surface area (Å²) in [5, 5.41) is 13.7. The Bertz CT molecular complexity index is 765. The summed E-state index contributed by atoms with van der Waals surface area (Å²) >= 11 is 0. The summed E-state index contributed by atoms with van der Waals surface area (Å²) in [6, 6.07) is 12.7. The van der Waals surface area contributed by atoms with Crippen LogP contribution in [-0.4, -0.2) is 23.2 Å². The highest BCUT2D eigenvalue weighted by atomic mass is 16.6. The van der Waals surface area contributed by atoms with Gasteiger partial charge in [0.15, 0.2) is 11.5 Å². The number of aliphatic hydroxyl groups excluding tert-OH is 1. The molecule has 26 heavy (non-hydrogen) atoms. The maximum Gasteiger partial charge on any atom is 0.308 e. The van der Waals surface area contributed by atoms with Crippen molar-refractivity contribution in [2.24, 2.45) is 0 Å². The molecule has 0 saturated carbocycles. The highest BCUT2D eigenvalue weighted by molar-refractivity contribution is 5.70. The molecule has 2 aromatic rings. The average molecular weight is 357 g/mol. The molecule has 5 heteroatoms. The molecule has 2 aromatic carbocycles. The molecular formula is C21H27NO4. The van der Waals surface area contributed by atoms with Gasteiger partial charge in [0.2, 0.25) is 0 Å². The van der Waals surface area contributed by atoms with Gasteiger partial charge in [-0.3, -0.25) is 4.79 Å². The first-order chi connectivity index (χ1) is 12.2. The van der Waals surface area contributed by atoms with E-state index in [1.165, 1.54) is 6.92 Å². The minimum Gasteiger partial charge on any atom is -0.453 e. The summed E-state index contributed by atoms with van der Waals surface area (Å²) in [5.41, 5.74) is 1.54. The van der Waals surface area contributed by atoms with Crippen LogP contribution in [0.3, 0.4) is 0 Å². The maximum atomic E-state index is 11.4. The molecule has 0 heterocycles. The van der Waals surface area contributed by atoms with E-state index in [-0.39, 0.29) is 5.54 Å². The number of rotatable bonds is 6. The van der Waals surface area contributed by atoms with Crippen LogP contribution >= 0.6 is 0 Å². The van der Waals surface area contributed by atoms with Crippen LogP contribution in [-0.2, 0) is 4.79 Å². The van der Waals surface area contributed by atoms with Crippen LogP contribution in [0.4, 0.5) is 0 Å². The number of ether oxygens (including phenoxy) is 2. The van der Waals surface area contributed by atoms with Crippen LogP contribution in [0.5, 0.6) is 17.2 Å².